The molecule has 154 valence electrons. The topological polar surface area (TPSA) is 131 Å². The van der Waals surface area contributed by atoms with E-state index in [4.69, 9.17) is 11.5 Å². The van der Waals surface area contributed by atoms with Gasteiger partial charge in [-0.05, 0) is 55.4 Å². The zero-order valence-corrected chi connectivity index (χ0v) is 17.3. The third-order valence-electron chi connectivity index (χ3n) is 5.29. The van der Waals surface area contributed by atoms with Crippen molar-refractivity contribution in [2.75, 3.05) is 17.2 Å². The molecule has 1 aliphatic rings. The quantitative estimate of drug-likeness (QED) is 0.665. The molecule has 1 saturated carbocycles. The highest BCUT2D eigenvalue weighted by molar-refractivity contribution is 7.09. The number of primary amides is 1. The molecule has 1 aromatic carbocycles. The summed E-state index contributed by atoms with van der Waals surface area (Å²) in [5.74, 6) is -1.51. The first kappa shape index (κ1) is 20.8. The second kappa shape index (κ2) is 8.60. The van der Waals surface area contributed by atoms with Crippen LogP contribution in [-0.4, -0.2) is 34.7 Å². The molecule has 5 N–H and O–H groups in total. The van der Waals surface area contributed by atoms with Gasteiger partial charge < -0.3 is 16.8 Å². The number of nitrogens with zero attached hydrogens (tertiary/aromatic N) is 2. The van der Waals surface area contributed by atoms with Crippen LogP contribution in [0.2, 0.25) is 0 Å². The molecule has 0 radical (unpaired) electrons. The van der Waals surface area contributed by atoms with Crippen LogP contribution in [0, 0.1) is 13.8 Å². The largest absolute Gasteiger partial charge is 0.395 e. The highest BCUT2D eigenvalue weighted by atomic mass is 32.1. The zero-order chi connectivity index (χ0) is 21.1. The van der Waals surface area contributed by atoms with Gasteiger partial charge in [0.05, 0.1) is 5.69 Å². The van der Waals surface area contributed by atoms with Crippen molar-refractivity contribution < 1.29 is 14.4 Å². The number of hydrogen-bond acceptors (Lipinski definition) is 6. The maximum atomic E-state index is 13.3. The van der Waals surface area contributed by atoms with Gasteiger partial charge in [0.25, 0.3) is 11.8 Å². The lowest BCUT2D eigenvalue weighted by Gasteiger charge is -2.25. The summed E-state index contributed by atoms with van der Waals surface area (Å²) in [6.45, 7) is 3.68. The van der Waals surface area contributed by atoms with Crippen molar-refractivity contribution in [1.82, 2.24) is 9.69 Å². The second-order valence-corrected chi connectivity index (χ2v) is 8.07. The summed E-state index contributed by atoms with van der Waals surface area (Å²) >= 11 is 0.807. The molecule has 29 heavy (non-hydrogen) atoms. The molecule has 0 bridgehead atoms. The number of anilines is 2. The van der Waals surface area contributed by atoms with Crippen LogP contribution in [0.5, 0.6) is 0 Å². The van der Waals surface area contributed by atoms with E-state index in [-0.39, 0.29) is 34.8 Å². The number of amides is 3. The normalized spacial score (nSPS) is 14.0. The lowest BCUT2D eigenvalue weighted by molar-refractivity contribution is -0.120. The molecule has 0 aliphatic heterocycles. The van der Waals surface area contributed by atoms with Gasteiger partial charge in [-0.3, -0.25) is 19.3 Å². The predicted octanol–water partition coefficient (Wildman–Crippen LogP) is 2.15. The van der Waals surface area contributed by atoms with E-state index in [0.717, 1.165) is 48.3 Å². The van der Waals surface area contributed by atoms with E-state index in [0.29, 0.717) is 5.69 Å². The third kappa shape index (κ3) is 4.40. The molecule has 0 spiro atoms. The van der Waals surface area contributed by atoms with Crippen molar-refractivity contribution in [3.8, 4) is 0 Å². The van der Waals surface area contributed by atoms with Crippen molar-refractivity contribution in [3.63, 3.8) is 0 Å². The summed E-state index contributed by atoms with van der Waals surface area (Å²) in [5, 5.41) is 3.01. The third-order valence-corrected chi connectivity index (χ3v) is 6.14. The van der Waals surface area contributed by atoms with Crippen LogP contribution >= 0.6 is 11.5 Å². The zero-order valence-electron chi connectivity index (χ0n) is 16.5. The fraction of sp³-hybridized carbons (Fsp3) is 0.400. The van der Waals surface area contributed by atoms with Gasteiger partial charge in [-0.15, -0.1) is 0 Å². The maximum absolute atomic E-state index is 13.3. The summed E-state index contributed by atoms with van der Waals surface area (Å²) < 4.78 is 3.91. The van der Waals surface area contributed by atoms with E-state index >= 15 is 0 Å². The van der Waals surface area contributed by atoms with Gasteiger partial charge in [0.2, 0.25) is 5.91 Å². The number of aryl methyl sites for hydroxylation is 1. The molecule has 9 heteroatoms. The highest BCUT2D eigenvalue weighted by Crippen LogP contribution is 2.29. The first-order valence-corrected chi connectivity index (χ1v) is 10.3. The molecule has 8 nitrogen and oxygen atoms in total. The molecule has 3 amide bonds. The number of carbonyl (C=O) groups excluding carboxylic acids is 3. The first-order chi connectivity index (χ1) is 13.8. The number of nitrogen functional groups attached to an aromatic ring is 1. The van der Waals surface area contributed by atoms with Crippen LogP contribution in [0.15, 0.2) is 18.2 Å². The minimum absolute atomic E-state index is 0.0565. The molecule has 2 aromatic rings. The van der Waals surface area contributed by atoms with Gasteiger partial charge >= 0.3 is 0 Å². The van der Waals surface area contributed by atoms with Crippen LogP contribution in [0.3, 0.4) is 0 Å². The van der Waals surface area contributed by atoms with Crippen LogP contribution in [0.4, 0.5) is 11.4 Å². The van der Waals surface area contributed by atoms with Crippen molar-refractivity contribution in [2.45, 2.75) is 45.6 Å². The summed E-state index contributed by atoms with van der Waals surface area (Å²) in [7, 11) is 0. The molecular weight excluding hydrogens is 390 g/mol. The number of rotatable bonds is 6. The summed E-state index contributed by atoms with van der Waals surface area (Å²) in [6.07, 6.45) is 4.09. The van der Waals surface area contributed by atoms with Gasteiger partial charge in [0.1, 0.15) is 11.4 Å². The Labute approximate surface area is 173 Å². The Bertz CT molecular complexity index is 950. The van der Waals surface area contributed by atoms with Crippen LogP contribution in [0.1, 0.15) is 57.0 Å². The van der Waals surface area contributed by atoms with E-state index in [1.165, 1.54) is 4.90 Å². The molecular formula is C20H25N5O3S. The molecule has 1 fully saturated rings. The minimum Gasteiger partial charge on any atom is -0.395 e. The van der Waals surface area contributed by atoms with Crippen molar-refractivity contribution >= 4 is 40.6 Å². The van der Waals surface area contributed by atoms with Crippen molar-refractivity contribution in [1.29, 1.82) is 0 Å². The fourth-order valence-electron chi connectivity index (χ4n) is 3.53. The lowest BCUT2D eigenvalue weighted by atomic mass is 10.1. The Hall–Kier alpha value is -2.94. The number of nitrogens with one attached hydrogen (secondary N) is 1. The van der Waals surface area contributed by atoms with E-state index < -0.39 is 11.8 Å². The summed E-state index contributed by atoms with van der Waals surface area (Å²) in [5.41, 5.74) is 13.5. The smallest absolute Gasteiger partial charge is 0.272 e. The van der Waals surface area contributed by atoms with Gasteiger partial charge in [0, 0.05) is 11.7 Å². The number of nitrogens with two attached hydrogens (primary N) is 2. The standard InChI is InChI=1S/C20H25N5O3S/c1-11-6-5-9-14(12(11)2)25(10-15(26)23-13-7-3-4-8-13)20(28)18-16(21)17(19(22)27)24-29-18/h5-6,9,13H,3-4,7-8,10,21H2,1-2H3,(H2,22,27)(H,23,26). The molecule has 1 aliphatic carbocycles. The van der Waals surface area contributed by atoms with E-state index in [2.05, 4.69) is 9.69 Å². The molecule has 1 heterocycles. The van der Waals surface area contributed by atoms with Crippen molar-refractivity contribution in [2.24, 2.45) is 5.73 Å². The first-order valence-electron chi connectivity index (χ1n) is 9.52. The Morgan fingerprint density at radius 3 is 2.55 bits per heavy atom. The Morgan fingerprint density at radius 2 is 1.93 bits per heavy atom. The average Bonchev–Trinajstić information content (AvgIpc) is 3.31. The monoisotopic (exact) mass is 415 g/mol. The van der Waals surface area contributed by atoms with Crippen LogP contribution in [-0.2, 0) is 4.79 Å². The van der Waals surface area contributed by atoms with Gasteiger partial charge in [-0.1, -0.05) is 25.0 Å². The predicted molar refractivity (Wildman–Crippen MR) is 113 cm³/mol. The van der Waals surface area contributed by atoms with Gasteiger partial charge in [-0.25, -0.2) is 0 Å². The second-order valence-electron chi connectivity index (χ2n) is 7.30. The molecule has 3 rings (SSSR count). The minimum atomic E-state index is -0.796. The lowest BCUT2D eigenvalue weighted by Crippen LogP contribution is -2.44. The van der Waals surface area contributed by atoms with E-state index in [1.807, 2.05) is 26.0 Å². The van der Waals surface area contributed by atoms with Crippen LogP contribution in [0.25, 0.3) is 0 Å². The van der Waals surface area contributed by atoms with Gasteiger partial charge in [-0.2, -0.15) is 4.37 Å². The number of hydrogen-bond donors (Lipinski definition) is 3. The molecule has 1 aromatic heterocycles. The van der Waals surface area contributed by atoms with E-state index in [9.17, 15) is 14.4 Å². The highest BCUT2D eigenvalue weighted by Gasteiger charge is 2.29. The average molecular weight is 416 g/mol. The number of carbonyl (C=O) groups is 3. The molecule has 0 saturated heterocycles. The molecule has 0 atom stereocenters. The Balaban J connectivity index is 1.93. The maximum Gasteiger partial charge on any atom is 0.272 e. The Morgan fingerprint density at radius 1 is 1.24 bits per heavy atom. The fourth-order valence-corrected chi connectivity index (χ4v) is 4.29. The van der Waals surface area contributed by atoms with Gasteiger partial charge in [0.15, 0.2) is 5.69 Å². The van der Waals surface area contributed by atoms with Crippen molar-refractivity contribution in [3.05, 3.63) is 39.9 Å². The molecule has 0 unspecified atom stereocenters. The number of aromatic nitrogens is 1. The number of benzene rings is 1. The van der Waals surface area contributed by atoms with E-state index in [1.54, 1.807) is 6.07 Å². The van der Waals surface area contributed by atoms with Crippen LogP contribution < -0.4 is 21.7 Å². The summed E-state index contributed by atoms with van der Waals surface area (Å²) in [6, 6.07) is 5.70. The SMILES string of the molecule is Cc1cccc(N(CC(=O)NC2CCCC2)C(=O)c2snc(C(N)=O)c2N)c1C. The Kier molecular flexibility index (Phi) is 6.17. The summed E-state index contributed by atoms with van der Waals surface area (Å²) in [4.78, 5) is 39.0.